The van der Waals surface area contributed by atoms with Crippen molar-refractivity contribution >= 4 is 28.6 Å². The molecule has 3 rings (SSSR count). The van der Waals surface area contributed by atoms with Gasteiger partial charge in [0.2, 0.25) is 0 Å². The molecule has 4 atom stereocenters. The zero-order valence-corrected chi connectivity index (χ0v) is 15.3. The summed E-state index contributed by atoms with van der Waals surface area (Å²) in [5, 5.41) is 0. The monoisotopic (exact) mass is 429 g/mol. The van der Waals surface area contributed by atoms with Gasteiger partial charge in [-0.25, -0.2) is 4.39 Å². The van der Waals surface area contributed by atoms with Gasteiger partial charge in [0.1, 0.15) is 5.82 Å². The third kappa shape index (κ3) is 3.31. The summed E-state index contributed by atoms with van der Waals surface area (Å²) in [6.45, 7) is 0.877. The summed E-state index contributed by atoms with van der Waals surface area (Å²) in [6, 6.07) is 7.30. The largest absolute Gasteiger partial charge is 0.469 e. The highest BCUT2D eigenvalue weighted by molar-refractivity contribution is 14.1. The fourth-order valence-corrected chi connectivity index (χ4v) is 4.50. The molecule has 2 aliphatic heterocycles. The summed E-state index contributed by atoms with van der Waals surface area (Å²) >= 11 is 2.23. The van der Waals surface area contributed by atoms with Crippen LogP contribution in [0, 0.1) is 11.7 Å². The number of benzene rings is 1. The number of fused-ring (bicyclic) bond motifs is 2. The molecule has 2 saturated heterocycles. The second kappa shape index (κ2) is 7.30. The van der Waals surface area contributed by atoms with Crippen molar-refractivity contribution in [3.63, 3.8) is 0 Å². The van der Waals surface area contributed by atoms with E-state index in [1.165, 1.54) is 19.2 Å². The van der Waals surface area contributed by atoms with Gasteiger partial charge in [-0.2, -0.15) is 0 Å². The minimum atomic E-state index is -0.240. The highest BCUT2D eigenvalue weighted by atomic mass is 127. The minimum absolute atomic E-state index is 0.111. The van der Waals surface area contributed by atoms with E-state index in [1.54, 1.807) is 0 Å². The van der Waals surface area contributed by atoms with Crippen molar-refractivity contribution < 1.29 is 13.9 Å². The van der Waals surface area contributed by atoms with Crippen LogP contribution in [0.1, 0.15) is 30.7 Å². The zero-order chi connectivity index (χ0) is 16.4. The smallest absolute Gasteiger partial charge is 0.310 e. The number of carbonyl (C=O) groups excluding carboxylic acids is 1. The lowest BCUT2D eigenvalue weighted by molar-refractivity contribution is -0.150. The van der Waals surface area contributed by atoms with E-state index in [0.29, 0.717) is 6.04 Å². The molecule has 0 saturated carbocycles. The first-order chi connectivity index (χ1) is 11.2. The van der Waals surface area contributed by atoms with Crippen LogP contribution in [0.3, 0.4) is 0 Å². The quantitative estimate of drug-likeness (QED) is 0.538. The van der Waals surface area contributed by atoms with Gasteiger partial charge in [0.05, 0.1) is 13.0 Å². The topological polar surface area (TPSA) is 29.5 Å². The van der Waals surface area contributed by atoms with Crippen molar-refractivity contribution in [3.05, 3.63) is 45.8 Å². The summed E-state index contributed by atoms with van der Waals surface area (Å²) in [6.07, 6.45) is 5.21. The Hall–Kier alpha value is -0.950. The van der Waals surface area contributed by atoms with Gasteiger partial charge in [0, 0.05) is 24.5 Å². The Bertz CT molecular complexity index is 589. The van der Waals surface area contributed by atoms with Gasteiger partial charge in [0.15, 0.2) is 0 Å². The Labute approximate surface area is 150 Å². The Morgan fingerprint density at radius 2 is 2.13 bits per heavy atom. The maximum atomic E-state index is 13.2. The van der Waals surface area contributed by atoms with Crippen LogP contribution < -0.4 is 0 Å². The summed E-state index contributed by atoms with van der Waals surface area (Å²) in [7, 11) is 1.46. The lowest BCUT2D eigenvalue weighted by atomic mass is 9.76. The number of piperidine rings is 1. The van der Waals surface area contributed by atoms with Crippen LogP contribution in [-0.2, 0) is 9.53 Å². The average Bonchev–Trinajstić information content (AvgIpc) is 2.84. The van der Waals surface area contributed by atoms with Crippen molar-refractivity contribution in [2.75, 3.05) is 13.7 Å². The molecule has 0 aromatic heterocycles. The van der Waals surface area contributed by atoms with Gasteiger partial charge in [-0.3, -0.25) is 9.69 Å². The van der Waals surface area contributed by atoms with Gasteiger partial charge < -0.3 is 4.74 Å². The van der Waals surface area contributed by atoms with Gasteiger partial charge in [-0.05, 0) is 41.0 Å². The van der Waals surface area contributed by atoms with Crippen LogP contribution in [0.5, 0.6) is 0 Å². The van der Waals surface area contributed by atoms with E-state index in [9.17, 15) is 9.18 Å². The van der Waals surface area contributed by atoms with Crippen LogP contribution in [0.15, 0.2) is 34.4 Å². The van der Waals surface area contributed by atoms with E-state index in [-0.39, 0.29) is 29.7 Å². The molecule has 0 N–H and O–H groups in total. The summed E-state index contributed by atoms with van der Waals surface area (Å²) in [5.41, 5.74) is 1.04. The molecule has 0 spiro atoms. The van der Waals surface area contributed by atoms with Crippen LogP contribution >= 0.6 is 22.6 Å². The van der Waals surface area contributed by atoms with Crippen molar-refractivity contribution in [1.82, 2.24) is 4.90 Å². The van der Waals surface area contributed by atoms with Crippen molar-refractivity contribution in [2.45, 2.75) is 37.3 Å². The maximum absolute atomic E-state index is 13.2. The standard InChI is InChI=1S/C18H21FINO2/c1-23-18(22)17-15(12-3-5-13(19)6-4-12)11-14-7-8-16(17)21(14)10-2-9-20/h2-6,9,14-17H,7-8,10-11H2,1H3/b9-2+/t14-,15+,16+,17-/m0/s1. The SMILES string of the molecule is COC(=O)[C@H]1[C@@H](c2ccc(F)cc2)C[C@@H]2CC[C@H]1N2C/C=C/I. The molecule has 5 heteroatoms. The normalized spacial score (nSPS) is 30.7. The molecule has 0 aliphatic carbocycles. The van der Waals surface area contributed by atoms with E-state index >= 15 is 0 Å². The summed E-state index contributed by atoms with van der Waals surface area (Å²) in [4.78, 5) is 14.9. The molecule has 2 bridgehead atoms. The van der Waals surface area contributed by atoms with E-state index in [4.69, 9.17) is 4.74 Å². The third-order valence-corrected chi connectivity index (χ3v) is 5.75. The number of hydrogen-bond donors (Lipinski definition) is 0. The summed E-state index contributed by atoms with van der Waals surface area (Å²) < 4.78 is 20.4. The Morgan fingerprint density at radius 1 is 1.39 bits per heavy atom. The number of rotatable bonds is 4. The number of carbonyl (C=O) groups is 1. The zero-order valence-electron chi connectivity index (χ0n) is 13.1. The highest BCUT2D eigenvalue weighted by Crippen LogP contribution is 2.47. The first-order valence-electron chi connectivity index (χ1n) is 8.00. The van der Waals surface area contributed by atoms with Gasteiger partial charge in [0.25, 0.3) is 0 Å². The lowest BCUT2D eigenvalue weighted by Gasteiger charge is -2.43. The summed E-state index contributed by atoms with van der Waals surface area (Å²) in [5.74, 6) is -0.448. The molecule has 0 amide bonds. The Kier molecular flexibility index (Phi) is 5.36. The number of esters is 1. The molecule has 3 nitrogen and oxygen atoms in total. The molecule has 23 heavy (non-hydrogen) atoms. The molecule has 1 aromatic rings. The molecule has 2 heterocycles. The van der Waals surface area contributed by atoms with Crippen molar-refractivity contribution in [1.29, 1.82) is 0 Å². The second-order valence-corrected chi connectivity index (χ2v) is 7.02. The number of methoxy groups -OCH3 is 1. The fourth-order valence-electron chi connectivity index (χ4n) is 4.27. The van der Waals surface area contributed by atoms with Crippen molar-refractivity contribution in [2.24, 2.45) is 5.92 Å². The van der Waals surface area contributed by atoms with E-state index in [0.717, 1.165) is 31.4 Å². The highest BCUT2D eigenvalue weighted by Gasteiger charge is 2.50. The predicted octanol–water partition coefficient (Wildman–Crippen LogP) is 3.88. The number of hydrogen-bond acceptors (Lipinski definition) is 3. The third-order valence-electron chi connectivity index (χ3n) is 5.24. The van der Waals surface area contributed by atoms with Crippen LogP contribution in [0.25, 0.3) is 0 Å². The van der Waals surface area contributed by atoms with E-state index < -0.39 is 0 Å². The molecular weight excluding hydrogens is 408 g/mol. The number of halogens is 2. The molecule has 2 aliphatic rings. The Morgan fingerprint density at radius 3 is 2.78 bits per heavy atom. The molecule has 0 radical (unpaired) electrons. The van der Waals surface area contributed by atoms with E-state index in [1.807, 2.05) is 16.2 Å². The Balaban J connectivity index is 1.91. The van der Waals surface area contributed by atoms with E-state index in [2.05, 4.69) is 33.6 Å². The lowest BCUT2D eigenvalue weighted by Crippen LogP contribution is -2.50. The molecular formula is C18H21FINO2. The molecule has 2 fully saturated rings. The second-order valence-electron chi connectivity index (χ2n) is 6.30. The minimum Gasteiger partial charge on any atom is -0.469 e. The van der Waals surface area contributed by atoms with Crippen LogP contribution in [-0.4, -0.2) is 36.6 Å². The van der Waals surface area contributed by atoms with Crippen LogP contribution in [0.4, 0.5) is 4.39 Å². The van der Waals surface area contributed by atoms with Gasteiger partial charge in [-0.15, -0.1) is 0 Å². The fraction of sp³-hybridized carbons (Fsp3) is 0.500. The van der Waals surface area contributed by atoms with Gasteiger partial charge in [-0.1, -0.05) is 40.8 Å². The van der Waals surface area contributed by atoms with Crippen molar-refractivity contribution in [3.8, 4) is 0 Å². The first-order valence-corrected chi connectivity index (χ1v) is 9.24. The number of ether oxygens (including phenoxy) is 1. The average molecular weight is 429 g/mol. The molecule has 1 aromatic carbocycles. The maximum Gasteiger partial charge on any atom is 0.310 e. The number of nitrogens with zero attached hydrogens (tertiary/aromatic N) is 1. The predicted molar refractivity (Wildman–Crippen MR) is 95.9 cm³/mol. The van der Waals surface area contributed by atoms with Crippen LogP contribution in [0.2, 0.25) is 0 Å². The first kappa shape index (κ1) is 16.9. The molecule has 0 unspecified atom stereocenters. The molecule has 124 valence electrons. The van der Waals surface area contributed by atoms with Gasteiger partial charge >= 0.3 is 5.97 Å².